The molecule has 4 unspecified atom stereocenters. The molecule has 4 atom stereocenters. The average molecular weight is 389 g/mol. The highest BCUT2D eigenvalue weighted by Crippen LogP contribution is 2.27. The van der Waals surface area contributed by atoms with Crippen molar-refractivity contribution in [3.8, 4) is 0 Å². The molecule has 1 saturated heterocycles. The first-order valence-electron chi connectivity index (χ1n) is 8.72. The lowest BCUT2D eigenvalue weighted by atomic mass is 10.0. The number of amides is 1. The summed E-state index contributed by atoms with van der Waals surface area (Å²) in [6, 6.07) is 0. The molecule has 0 aromatic carbocycles. The van der Waals surface area contributed by atoms with Crippen LogP contribution in [0.4, 0.5) is 0 Å². The van der Waals surface area contributed by atoms with Crippen LogP contribution < -0.4 is 5.73 Å². The van der Waals surface area contributed by atoms with Gasteiger partial charge < -0.3 is 29.4 Å². The predicted molar refractivity (Wildman–Crippen MR) is 90.0 cm³/mol. The summed E-state index contributed by atoms with van der Waals surface area (Å²) in [6.45, 7) is 3.80. The van der Waals surface area contributed by atoms with Crippen molar-refractivity contribution >= 4 is 23.8 Å². The van der Waals surface area contributed by atoms with E-state index in [1.807, 2.05) is 0 Å². The summed E-state index contributed by atoms with van der Waals surface area (Å²) in [4.78, 5) is 44.7. The van der Waals surface area contributed by atoms with E-state index in [1.54, 1.807) is 0 Å². The zero-order valence-corrected chi connectivity index (χ0v) is 15.8. The fraction of sp³-hybridized carbons (Fsp3) is 0.765. The smallest absolute Gasteiger partial charge is 0.303 e. The third-order valence-electron chi connectivity index (χ3n) is 3.68. The Morgan fingerprint density at radius 2 is 1.67 bits per heavy atom. The van der Waals surface area contributed by atoms with Gasteiger partial charge in [-0.2, -0.15) is 0 Å². The molecule has 10 heteroatoms. The number of rotatable bonds is 10. The standard InChI is InChI=1S/C17H27NO9/c1-10(19)24-9-14-17(26-12(3)21)13(25-11(2)20)8-16(27-14)23-7-5-4-6-15(18)22/h13-14,16-17H,4-9H2,1-3H3,(H2,18,22). The molecule has 1 amide bonds. The first-order valence-corrected chi connectivity index (χ1v) is 8.72. The number of primary amides is 1. The molecule has 2 N–H and O–H groups in total. The monoisotopic (exact) mass is 389 g/mol. The molecule has 1 aliphatic rings. The van der Waals surface area contributed by atoms with Gasteiger partial charge in [0.15, 0.2) is 12.4 Å². The van der Waals surface area contributed by atoms with E-state index < -0.39 is 42.5 Å². The molecule has 1 fully saturated rings. The lowest BCUT2D eigenvalue weighted by molar-refractivity contribution is -0.266. The van der Waals surface area contributed by atoms with Crippen molar-refractivity contribution in [2.24, 2.45) is 5.73 Å². The van der Waals surface area contributed by atoms with E-state index in [0.717, 1.165) is 0 Å². The zero-order chi connectivity index (χ0) is 20.4. The van der Waals surface area contributed by atoms with E-state index >= 15 is 0 Å². The van der Waals surface area contributed by atoms with Crippen LogP contribution >= 0.6 is 0 Å². The largest absolute Gasteiger partial charge is 0.463 e. The summed E-state index contributed by atoms with van der Waals surface area (Å²) in [5, 5.41) is 0. The molecule has 27 heavy (non-hydrogen) atoms. The maximum Gasteiger partial charge on any atom is 0.303 e. The molecule has 0 aromatic heterocycles. The highest BCUT2D eigenvalue weighted by Gasteiger charge is 2.44. The maximum absolute atomic E-state index is 11.4. The van der Waals surface area contributed by atoms with Crippen LogP contribution in [0.25, 0.3) is 0 Å². The summed E-state index contributed by atoms with van der Waals surface area (Å²) in [6.07, 6.45) is -1.79. The topological polar surface area (TPSA) is 140 Å². The molecule has 10 nitrogen and oxygen atoms in total. The van der Waals surface area contributed by atoms with E-state index in [9.17, 15) is 19.2 Å². The van der Waals surface area contributed by atoms with Gasteiger partial charge in [-0.1, -0.05) is 0 Å². The van der Waals surface area contributed by atoms with Crippen molar-refractivity contribution in [2.75, 3.05) is 13.2 Å². The quantitative estimate of drug-likeness (QED) is 0.315. The highest BCUT2D eigenvalue weighted by atomic mass is 16.7. The van der Waals surface area contributed by atoms with Gasteiger partial charge in [0.2, 0.25) is 5.91 Å². The molecule has 0 saturated carbocycles. The van der Waals surface area contributed by atoms with Crippen molar-refractivity contribution in [1.29, 1.82) is 0 Å². The molecule has 1 aliphatic heterocycles. The van der Waals surface area contributed by atoms with Crippen LogP contribution in [0.3, 0.4) is 0 Å². The SMILES string of the molecule is CC(=O)OCC1OC(OCCCCC(N)=O)CC(OC(C)=O)C1OC(C)=O. The first-order chi connectivity index (χ1) is 12.7. The van der Waals surface area contributed by atoms with Gasteiger partial charge in [0.1, 0.15) is 18.8 Å². The number of unbranched alkanes of at least 4 members (excludes halogenated alkanes) is 1. The van der Waals surface area contributed by atoms with Gasteiger partial charge in [0, 0.05) is 40.2 Å². The number of carbonyl (C=O) groups excluding carboxylic acids is 4. The zero-order valence-electron chi connectivity index (χ0n) is 15.8. The van der Waals surface area contributed by atoms with Crippen LogP contribution in [0.5, 0.6) is 0 Å². The van der Waals surface area contributed by atoms with Crippen molar-refractivity contribution in [3.63, 3.8) is 0 Å². The molecule has 0 spiro atoms. The third-order valence-corrected chi connectivity index (χ3v) is 3.68. The van der Waals surface area contributed by atoms with Gasteiger partial charge in [-0.15, -0.1) is 0 Å². The summed E-state index contributed by atoms with van der Waals surface area (Å²) >= 11 is 0. The molecule has 0 aliphatic carbocycles. The summed E-state index contributed by atoms with van der Waals surface area (Å²) in [5.41, 5.74) is 5.08. The Hall–Kier alpha value is -2.20. The van der Waals surface area contributed by atoms with Crippen LogP contribution in [0.15, 0.2) is 0 Å². The number of ether oxygens (including phenoxy) is 5. The van der Waals surface area contributed by atoms with Gasteiger partial charge in [0.25, 0.3) is 0 Å². The fourth-order valence-corrected chi connectivity index (χ4v) is 2.62. The first kappa shape index (κ1) is 22.8. The second-order valence-electron chi connectivity index (χ2n) is 6.16. The molecule has 0 radical (unpaired) electrons. The lowest BCUT2D eigenvalue weighted by Gasteiger charge is -2.39. The van der Waals surface area contributed by atoms with Crippen LogP contribution in [0.2, 0.25) is 0 Å². The molecular formula is C17H27NO9. The van der Waals surface area contributed by atoms with Gasteiger partial charge in [0.05, 0.1) is 0 Å². The molecular weight excluding hydrogens is 362 g/mol. The second-order valence-corrected chi connectivity index (χ2v) is 6.16. The molecule has 1 heterocycles. The van der Waals surface area contributed by atoms with E-state index in [-0.39, 0.29) is 25.4 Å². The maximum atomic E-state index is 11.4. The van der Waals surface area contributed by atoms with Crippen molar-refractivity contribution in [3.05, 3.63) is 0 Å². The normalized spacial score (nSPS) is 24.7. The lowest BCUT2D eigenvalue weighted by Crippen LogP contribution is -2.54. The summed E-state index contributed by atoms with van der Waals surface area (Å²) in [5.74, 6) is -2.05. The Kier molecular flexibility index (Phi) is 9.73. The van der Waals surface area contributed by atoms with Crippen molar-refractivity contribution in [1.82, 2.24) is 0 Å². The number of nitrogens with two attached hydrogens (primary N) is 1. The van der Waals surface area contributed by atoms with Gasteiger partial charge in [-0.05, 0) is 12.8 Å². The minimum absolute atomic E-state index is 0.143. The van der Waals surface area contributed by atoms with E-state index in [1.165, 1.54) is 20.8 Å². The van der Waals surface area contributed by atoms with Crippen LogP contribution in [-0.4, -0.2) is 61.6 Å². The number of esters is 3. The van der Waals surface area contributed by atoms with Crippen molar-refractivity contribution in [2.45, 2.75) is 71.1 Å². The molecule has 0 aromatic rings. The predicted octanol–water partition coefficient (Wildman–Crippen LogP) is 0.200. The van der Waals surface area contributed by atoms with Crippen LogP contribution in [0.1, 0.15) is 46.5 Å². The Labute approximate surface area is 157 Å². The molecule has 0 bridgehead atoms. The summed E-state index contributed by atoms with van der Waals surface area (Å²) < 4.78 is 26.8. The van der Waals surface area contributed by atoms with Gasteiger partial charge in [-0.3, -0.25) is 19.2 Å². The second kappa shape index (κ2) is 11.5. The Bertz CT molecular complexity index is 536. The molecule has 1 rings (SSSR count). The Morgan fingerprint density at radius 3 is 2.22 bits per heavy atom. The minimum atomic E-state index is -0.930. The average Bonchev–Trinajstić information content (AvgIpc) is 2.53. The number of hydrogen-bond acceptors (Lipinski definition) is 9. The van der Waals surface area contributed by atoms with Crippen LogP contribution in [-0.2, 0) is 42.9 Å². The van der Waals surface area contributed by atoms with Gasteiger partial charge in [-0.25, -0.2) is 0 Å². The van der Waals surface area contributed by atoms with E-state index in [0.29, 0.717) is 19.4 Å². The fourth-order valence-electron chi connectivity index (χ4n) is 2.62. The van der Waals surface area contributed by atoms with Crippen LogP contribution in [0, 0.1) is 0 Å². The van der Waals surface area contributed by atoms with Crippen molar-refractivity contribution < 1.29 is 42.9 Å². The third kappa shape index (κ3) is 9.34. The summed E-state index contributed by atoms with van der Waals surface area (Å²) in [7, 11) is 0. The number of carbonyl (C=O) groups is 4. The van der Waals surface area contributed by atoms with Gasteiger partial charge >= 0.3 is 17.9 Å². The minimum Gasteiger partial charge on any atom is -0.463 e. The Balaban J connectivity index is 2.74. The number of hydrogen-bond donors (Lipinski definition) is 1. The highest BCUT2D eigenvalue weighted by molar-refractivity contribution is 5.73. The molecule has 154 valence electrons. The van der Waals surface area contributed by atoms with E-state index in [4.69, 9.17) is 29.4 Å². The Morgan fingerprint density at radius 1 is 1.00 bits per heavy atom. The van der Waals surface area contributed by atoms with E-state index in [2.05, 4.69) is 0 Å².